The van der Waals surface area contributed by atoms with Gasteiger partial charge in [0.15, 0.2) is 5.56 Å². The van der Waals surface area contributed by atoms with Crippen molar-refractivity contribution in [2.75, 3.05) is 36.0 Å². The molecule has 0 aromatic carbocycles. The molecule has 7 heteroatoms. The lowest BCUT2D eigenvalue weighted by molar-refractivity contribution is 0.521. The summed E-state index contributed by atoms with van der Waals surface area (Å²) < 4.78 is 5.35. The molecule has 4 heterocycles. The Hall–Kier alpha value is -3.66. The number of piperazine rings is 1. The molecule has 7 nitrogen and oxygen atoms in total. The average Bonchev–Trinajstić information content (AvgIpc) is 2.74. The highest BCUT2D eigenvalue weighted by molar-refractivity contribution is 5.67. The molecule has 0 spiro atoms. The second-order valence-corrected chi connectivity index (χ2v) is 6.17. The number of hydrogen-bond acceptors (Lipinski definition) is 7. The summed E-state index contributed by atoms with van der Waals surface area (Å²) in [5.74, 6) is 1.37. The van der Waals surface area contributed by atoms with Crippen molar-refractivity contribution in [1.29, 1.82) is 5.26 Å². The van der Waals surface area contributed by atoms with Crippen LogP contribution in [0.3, 0.4) is 0 Å². The molecule has 0 radical (unpaired) electrons. The molecule has 0 unspecified atom stereocenters. The van der Waals surface area contributed by atoms with Crippen molar-refractivity contribution in [2.24, 2.45) is 0 Å². The summed E-state index contributed by atoms with van der Waals surface area (Å²) in [6, 6.07) is 13.1. The molecule has 1 aliphatic rings. The van der Waals surface area contributed by atoms with Gasteiger partial charge in [-0.1, -0.05) is 6.07 Å². The molecule has 0 N–H and O–H groups in total. The van der Waals surface area contributed by atoms with E-state index in [4.69, 9.17) is 4.42 Å². The maximum Gasteiger partial charge on any atom is 0.356 e. The number of hydrogen-bond donors (Lipinski definition) is 0. The van der Waals surface area contributed by atoms with Crippen molar-refractivity contribution in [2.45, 2.75) is 0 Å². The Morgan fingerprint density at radius 2 is 1.74 bits per heavy atom. The lowest BCUT2D eigenvalue weighted by Crippen LogP contribution is -2.47. The van der Waals surface area contributed by atoms with E-state index in [-0.39, 0.29) is 5.56 Å². The fourth-order valence-corrected chi connectivity index (χ4v) is 3.21. The monoisotopic (exact) mass is 359 g/mol. The minimum Gasteiger partial charge on any atom is -0.422 e. The Morgan fingerprint density at radius 3 is 2.41 bits per heavy atom. The summed E-state index contributed by atoms with van der Waals surface area (Å²) in [7, 11) is 0. The highest BCUT2D eigenvalue weighted by Crippen LogP contribution is 2.27. The molecule has 0 bridgehead atoms. The van der Waals surface area contributed by atoms with E-state index in [0.717, 1.165) is 24.5 Å². The summed E-state index contributed by atoms with van der Waals surface area (Å²) in [6.07, 6.45) is 5.05. The molecule has 1 fully saturated rings. The van der Waals surface area contributed by atoms with Gasteiger partial charge in [-0.15, -0.1) is 0 Å². The van der Waals surface area contributed by atoms with Crippen molar-refractivity contribution in [1.82, 2.24) is 9.97 Å². The SMILES string of the molecule is N#Cc1c(N2CCN(c3ccccn3)CC2)cc(-c2ccncc2)oc1=O. The molecule has 0 saturated carbocycles. The lowest BCUT2D eigenvalue weighted by atomic mass is 10.1. The Morgan fingerprint density at radius 1 is 1.00 bits per heavy atom. The van der Waals surface area contributed by atoms with Crippen molar-refractivity contribution in [3.8, 4) is 17.4 Å². The Kier molecular flexibility index (Phi) is 4.54. The van der Waals surface area contributed by atoms with Crippen LogP contribution in [0, 0.1) is 11.3 Å². The third-order valence-corrected chi connectivity index (χ3v) is 4.60. The molecule has 3 aromatic rings. The first-order valence-corrected chi connectivity index (χ1v) is 8.66. The van der Waals surface area contributed by atoms with Crippen LogP contribution in [0.25, 0.3) is 11.3 Å². The first-order valence-electron chi connectivity index (χ1n) is 8.66. The first kappa shape index (κ1) is 16.8. The fourth-order valence-electron chi connectivity index (χ4n) is 3.21. The zero-order chi connectivity index (χ0) is 18.6. The summed E-state index contributed by atoms with van der Waals surface area (Å²) in [5.41, 5.74) is 0.786. The molecule has 4 rings (SSSR count). The Bertz CT molecular complexity index is 1020. The molecule has 1 saturated heterocycles. The number of nitriles is 1. The molecule has 3 aromatic heterocycles. The minimum atomic E-state index is -0.617. The van der Waals surface area contributed by atoms with E-state index in [1.807, 2.05) is 24.3 Å². The minimum absolute atomic E-state index is 0.0408. The lowest BCUT2D eigenvalue weighted by Gasteiger charge is -2.36. The highest BCUT2D eigenvalue weighted by atomic mass is 16.4. The average molecular weight is 359 g/mol. The fraction of sp³-hybridized carbons (Fsp3) is 0.200. The van der Waals surface area contributed by atoms with Crippen LogP contribution in [0.1, 0.15) is 5.56 Å². The van der Waals surface area contributed by atoms with Crippen LogP contribution in [0.15, 0.2) is 64.2 Å². The number of rotatable bonds is 3. The summed E-state index contributed by atoms with van der Waals surface area (Å²) in [4.78, 5) is 25.0. The summed E-state index contributed by atoms with van der Waals surface area (Å²) in [6.45, 7) is 2.88. The van der Waals surface area contributed by atoms with Crippen LogP contribution in [0.5, 0.6) is 0 Å². The van der Waals surface area contributed by atoms with Crippen molar-refractivity contribution in [3.05, 3.63) is 71.0 Å². The Balaban J connectivity index is 1.63. The van der Waals surface area contributed by atoms with Gasteiger partial charge in [-0.25, -0.2) is 9.78 Å². The quantitative estimate of drug-likeness (QED) is 0.709. The molecule has 1 aliphatic heterocycles. The van der Waals surface area contributed by atoms with Gasteiger partial charge in [0.25, 0.3) is 0 Å². The van der Waals surface area contributed by atoms with Crippen LogP contribution in [0.2, 0.25) is 0 Å². The van der Waals surface area contributed by atoms with Crippen LogP contribution < -0.4 is 15.4 Å². The summed E-state index contributed by atoms with van der Waals surface area (Å²) >= 11 is 0. The van der Waals surface area contributed by atoms with Gasteiger partial charge in [-0.2, -0.15) is 5.26 Å². The van der Waals surface area contributed by atoms with Crippen molar-refractivity contribution in [3.63, 3.8) is 0 Å². The molecular formula is C20H17N5O2. The van der Waals surface area contributed by atoms with E-state index in [0.29, 0.717) is 24.5 Å². The van der Waals surface area contributed by atoms with Crippen LogP contribution in [-0.4, -0.2) is 36.1 Å². The van der Waals surface area contributed by atoms with Gasteiger partial charge in [-0.3, -0.25) is 4.98 Å². The van der Waals surface area contributed by atoms with Gasteiger partial charge in [0.1, 0.15) is 17.6 Å². The van der Waals surface area contributed by atoms with Crippen molar-refractivity contribution < 1.29 is 4.42 Å². The molecule has 134 valence electrons. The van der Waals surface area contributed by atoms with E-state index in [1.54, 1.807) is 36.8 Å². The highest BCUT2D eigenvalue weighted by Gasteiger charge is 2.23. The normalized spacial score (nSPS) is 14.0. The number of aromatic nitrogens is 2. The number of pyridine rings is 2. The molecular weight excluding hydrogens is 342 g/mol. The van der Waals surface area contributed by atoms with E-state index in [2.05, 4.69) is 19.8 Å². The second-order valence-electron chi connectivity index (χ2n) is 6.17. The van der Waals surface area contributed by atoms with Gasteiger partial charge in [0.05, 0.1) is 5.69 Å². The van der Waals surface area contributed by atoms with E-state index < -0.39 is 5.63 Å². The zero-order valence-corrected chi connectivity index (χ0v) is 14.6. The predicted octanol–water partition coefficient (Wildman–Crippen LogP) is 2.30. The predicted molar refractivity (Wildman–Crippen MR) is 102 cm³/mol. The standard InChI is InChI=1S/C20H17N5O2/c21-14-16-17(13-18(27-20(16)26)15-4-7-22-8-5-15)24-9-11-25(12-10-24)19-3-1-2-6-23-19/h1-8,13H,9-12H2. The van der Waals surface area contributed by atoms with Gasteiger partial charge < -0.3 is 14.2 Å². The number of anilines is 2. The van der Waals surface area contributed by atoms with Gasteiger partial charge >= 0.3 is 5.63 Å². The smallest absolute Gasteiger partial charge is 0.356 e. The molecule has 0 atom stereocenters. The first-order chi connectivity index (χ1) is 13.3. The topological polar surface area (TPSA) is 86.3 Å². The maximum atomic E-state index is 12.3. The second kappa shape index (κ2) is 7.30. The van der Waals surface area contributed by atoms with E-state index >= 15 is 0 Å². The van der Waals surface area contributed by atoms with Gasteiger partial charge in [0, 0.05) is 56.4 Å². The van der Waals surface area contributed by atoms with E-state index in [9.17, 15) is 10.1 Å². The molecule has 0 amide bonds. The van der Waals surface area contributed by atoms with Crippen LogP contribution in [0.4, 0.5) is 11.5 Å². The largest absolute Gasteiger partial charge is 0.422 e. The third-order valence-electron chi connectivity index (χ3n) is 4.60. The maximum absolute atomic E-state index is 12.3. The Labute approximate surface area is 156 Å². The van der Waals surface area contributed by atoms with Crippen LogP contribution >= 0.6 is 0 Å². The van der Waals surface area contributed by atoms with Gasteiger partial charge in [0.2, 0.25) is 0 Å². The molecule has 0 aliphatic carbocycles. The van der Waals surface area contributed by atoms with Gasteiger partial charge in [-0.05, 0) is 24.3 Å². The zero-order valence-electron chi connectivity index (χ0n) is 14.6. The van der Waals surface area contributed by atoms with E-state index in [1.165, 1.54) is 0 Å². The molecule has 27 heavy (non-hydrogen) atoms. The third kappa shape index (κ3) is 3.37. The summed E-state index contributed by atoms with van der Waals surface area (Å²) in [5, 5.41) is 9.45. The van der Waals surface area contributed by atoms with Crippen molar-refractivity contribution >= 4 is 11.5 Å². The van der Waals surface area contributed by atoms with Crippen LogP contribution in [-0.2, 0) is 0 Å². The number of nitrogens with zero attached hydrogens (tertiary/aromatic N) is 5.